The lowest BCUT2D eigenvalue weighted by molar-refractivity contribution is -0.122. The molecule has 2 N–H and O–H groups in total. The van der Waals surface area contributed by atoms with Gasteiger partial charge in [-0.2, -0.15) is 0 Å². The second-order valence-electron chi connectivity index (χ2n) is 8.36. The predicted octanol–water partition coefficient (Wildman–Crippen LogP) is 6.91. The molecule has 0 saturated heterocycles. The maximum Gasteiger partial charge on any atom is 0.227 e. The van der Waals surface area contributed by atoms with E-state index in [1.54, 1.807) is 34.9 Å². The van der Waals surface area contributed by atoms with E-state index >= 15 is 0 Å². The molecule has 1 aliphatic carbocycles. The highest BCUT2D eigenvalue weighted by Gasteiger charge is 2.25. The summed E-state index contributed by atoms with van der Waals surface area (Å²) >= 11 is 0. The first-order valence-corrected chi connectivity index (χ1v) is 12.8. The largest absolute Gasteiger partial charge is 0.334 e. The van der Waals surface area contributed by atoms with Crippen LogP contribution in [0.15, 0.2) is 85.5 Å². The molecule has 3 aromatic rings. The minimum atomic E-state index is -0.296. The lowest BCUT2D eigenvalue weighted by Gasteiger charge is -2.24. The van der Waals surface area contributed by atoms with Gasteiger partial charge in [0.2, 0.25) is 5.91 Å². The number of benzene rings is 2. The van der Waals surface area contributed by atoms with Crippen molar-refractivity contribution in [3.63, 3.8) is 0 Å². The van der Waals surface area contributed by atoms with Crippen molar-refractivity contribution in [1.29, 1.82) is 0 Å². The third-order valence-corrected chi connectivity index (χ3v) is 5.90. The number of amides is 1. The zero-order valence-corrected chi connectivity index (χ0v) is 22.0. The second kappa shape index (κ2) is 16.1. The Morgan fingerprint density at radius 3 is 2.49 bits per heavy atom. The number of anilines is 1. The first-order valence-electron chi connectivity index (χ1n) is 12.8. The Balaban J connectivity index is 0.000000374. The standard InChI is InChI=1S/C21H19FN2O2.C8H13N.C2H6/c22-19-7-2-1-4-15(19)12-24-18(13-25)11-16-10-17(8-9-20(16)24)23-21(26)14-5-3-6-14;1-3-4-5-6-7-8-9-2;1-2/h1-2,4,7-11,13-14H,3,5-6,12H2,(H,23,26);3-7,9H,1,8H2,2H3;1-2H3/b;5-4-,7-6-;. The number of nitrogens with zero attached hydrogens (tertiary/aromatic N) is 1. The van der Waals surface area contributed by atoms with Crippen LogP contribution in [0.1, 0.15) is 49.2 Å². The van der Waals surface area contributed by atoms with Gasteiger partial charge in [0.25, 0.3) is 0 Å². The number of aromatic nitrogens is 1. The van der Waals surface area contributed by atoms with Gasteiger partial charge in [0, 0.05) is 34.6 Å². The number of likely N-dealkylation sites (N-methyl/N-ethyl adjacent to an activating group) is 1. The van der Waals surface area contributed by atoms with Crippen LogP contribution in [0.5, 0.6) is 0 Å². The zero-order chi connectivity index (χ0) is 27.0. The van der Waals surface area contributed by atoms with Crippen molar-refractivity contribution in [2.75, 3.05) is 18.9 Å². The Morgan fingerprint density at radius 1 is 1.11 bits per heavy atom. The smallest absolute Gasteiger partial charge is 0.227 e. The molecule has 196 valence electrons. The van der Waals surface area contributed by atoms with E-state index in [4.69, 9.17) is 0 Å². The highest BCUT2D eigenvalue weighted by Crippen LogP contribution is 2.29. The van der Waals surface area contributed by atoms with Crippen LogP contribution in [0.3, 0.4) is 0 Å². The fraction of sp³-hybridized carbons (Fsp3) is 0.290. The zero-order valence-electron chi connectivity index (χ0n) is 22.0. The van der Waals surface area contributed by atoms with Crippen molar-refractivity contribution >= 4 is 28.8 Å². The van der Waals surface area contributed by atoms with Crippen molar-refractivity contribution in [3.8, 4) is 0 Å². The van der Waals surface area contributed by atoms with Crippen LogP contribution in [0.4, 0.5) is 10.1 Å². The van der Waals surface area contributed by atoms with E-state index < -0.39 is 0 Å². The molecule has 0 atom stereocenters. The normalized spacial score (nSPS) is 12.9. The van der Waals surface area contributed by atoms with Gasteiger partial charge in [0.1, 0.15) is 5.82 Å². The quantitative estimate of drug-likeness (QED) is 0.246. The highest BCUT2D eigenvalue weighted by molar-refractivity contribution is 5.97. The van der Waals surface area contributed by atoms with Crippen molar-refractivity contribution in [3.05, 3.63) is 103 Å². The summed E-state index contributed by atoms with van der Waals surface area (Å²) in [6, 6.07) is 13.9. The summed E-state index contributed by atoms with van der Waals surface area (Å²) in [6.07, 6.45) is 13.4. The van der Waals surface area contributed by atoms with Crippen LogP contribution in [0.25, 0.3) is 10.9 Å². The lowest BCUT2D eigenvalue weighted by atomic mass is 9.85. The van der Waals surface area contributed by atoms with Crippen LogP contribution in [0.2, 0.25) is 0 Å². The Hall–Kier alpha value is -3.77. The number of allylic oxidation sites excluding steroid dienone is 4. The number of rotatable bonds is 9. The molecule has 1 aromatic heterocycles. The van der Waals surface area contributed by atoms with E-state index in [9.17, 15) is 14.0 Å². The van der Waals surface area contributed by atoms with Crippen LogP contribution >= 0.6 is 0 Å². The molecular weight excluding hydrogens is 465 g/mol. The number of nitrogens with one attached hydrogen (secondary N) is 2. The molecule has 5 nitrogen and oxygen atoms in total. The van der Waals surface area contributed by atoms with Gasteiger partial charge in [-0.1, -0.05) is 75.4 Å². The average molecular weight is 504 g/mol. The SMILES string of the molecule is C=C/C=C\C=C/CNC.CC.O=Cc1cc2cc(NC(=O)C3CCC3)ccc2n1Cc1ccccc1F. The molecule has 1 aliphatic rings. The number of aldehydes is 1. The first kappa shape index (κ1) is 29.5. The molecule has 0 bridgehead atoms. The van der Waals surface area contributed by atoms with Gasteiger partial charge in [-0.25, -0.2) is 4.39 Å². The number of carbonyl (C=O) groups is 2. The van der Waals surface area contributed by atoms with Crippen molar-refractivity contribution in [2.45, 2.75) is 39.7 Å². The maximum atomic E-state index is 14.0. The molecule has 37 heavy (non-hydrogen) atoms. The molecule has 0 spiro atoms. The molecular formula is C31H38FN3O2. The summed E-state index contributed by atoms with van der Waals surface area (Å²) in [4.78, 5) is 23.6. The van der Waals surface area contributed by atoms with Gasteiger partial charge in [0.15, 0.2) is 6.29 Å². The van der Waals surface area contributed by atoms with Gasteiger partial charge in [0.05, 0.1) is 12.2 Å². The monoisotopic (exact) mass is 503 g/mol. The van der Waals surface area contributed by atoms with E-state index in [1.807, 2.05) is 63.4 Å². The summed E-state index contributed by atoms with van der Waals surface area (Å²) < 4.78 is 15.8. The molecule has 1 amide bonds. The van der Waals surface area contributed by atoms with Crippen LogP contribution in [-0.4, -0.2) is 30.4 Å². The fourth-order valence-corrected chi connectivity index (χ4v) is 3.76. The van der Waals surface area contributed by atoms with E-state index in [-0.39, 0.29) is 24.2 Å². The third-order valence-electron chi connectivity index (χ3n) is 5.90. The lowest BCUT2D eigenvalue weighted by Crippen LogP contribution is -2.27. The molecule has 1 saturated carbocycles. The fourth-order valence-electron chi connectivity index (χ4n) is 3.76. The molecule has 0 unspecified atom stereocenters. The Bertz CT molecular complexity index is 1220. The van der Waals surface area contributed by atoms with Gasteiger partial charge in [-0.05, 0) is 50.2 Å². The summed E-state index contributed by atoms with van der Waals surface area (Å²) in [7, 11) is 1.92. The number of halogens is 1. The minimum Gasteiger partial charge on any atom is -0.334 e. The molecule has 6 heteroatoms. The molecule has 0 aliphatic heterocycles. The van der Waals surface area contributed by atoms with Gasteiger partial charge >= 0.3 is 0 Å². The van der Waals surface area contributed by atoms with Crippen molar-refractivity contribution < 1.29 is 14.0 Å². The molecule has 1 fully saturated rings. The summed E-state index contributed by atoms with van der Waals surface area (Å²) in [5.74, 6) is -0.130. The summed E-state index contributed by atoms with van der Waals surface area (Å²) in [6.45, 7) is 8.74. The summed E-state index contributed by atoms with van der Waals surface area (Å²) in [5.41, 5.74) is 2.55. The third kappa shape index (κ3) is 8.69. The van der Waals surface area contributed by atoms with Crippen molar-refractivity contribution in [1.82, 2.24) is 9.88 Å². The number of hydrogen-bond donors (Lipinski definition) is 2. The summed E-state index contributed by atoms with van der Waals surface area (Å²) in [5, 5.41) is 6.79. The maximum absolute atomic E-state index is 14.0. The van der Waals surface area contributed by atoms with Gasteiger partial charge in [-0.3, -0.25) is 9.59 Å². The van der Waals surface area contributed by atoms with Crippen LogP contribution < -0.4 is 10.6 Å². The van der Waals surface area contributed by atoms with Crippen LogP contribution in [0, 0.1) is 11.7 Å². The van der Waals surface area contributed by atoms with Crippen LogP contribution in [-0.2, 0) is 11.3 Å². The topological polar surface area (TPSA) is 63.1 Å². The number of carbonyl (C=O) groups excluding carboxylic acids is 2. The van der Waals surface area contributed by atoms with Crippen molar-refractivity contribution in [2.24, 2.45) is 5.92 Å². The average Bonchev–Trinajstić information content (AvgIpc) is 3.22. The minimum absolute atomic E-state index is 0.0528. The second-order valence-corrected chi connectivity index (χ2v) is 8.36. The Kier molecular flexibility index (Phi) is 12.8. The van der Waals surface area contributed by atoms with Gasteiger partial charge in [-0.15, -0.1) is 0 Å². The number of hydrogen-bond acceptors (Lipinski definition) is 3. The molecule has 4 rings (SSSR count). The van der Waals surface area contributed by atoms with E-state index in [1.165, 1.54) is 6.07 Å². The first-order chi connectivity index (χ1) is 18.1. The Labute approximate surface area is 219 Å². The predicted molar refractivity (Wildman–Crippen MR) is 153 cm³/mol. The highest BCUT2D eigenvalue weighted by atomic mass is 19.1. The molecule has 0 radical (unpaired) electrons. The molecule has 2 aromatic carbocycles. The Morgan fingerprint density at radius 2 is 1.86 bits per heavy atom. The van der Waals surface area contributed by atoms with Gasteiger partial charge < -0.3 is 15.2 Å². The molecule has 1 heterocycles. The van der Waals surface area contributed by atoms with E-state index in [0.717, 1.165) is 48.7 Å². The van der Waals surface area contributed by atoms with E-state index in [2.05, 4.69) is 17.2 Å². The number of fused-ring (bicyclic) bond motifs is 1. The van der Waals surface area contributed by atoms with E-state index in [0.29, 0.717) is 11.3 Å².